The van der Waals surface area contributed by atoms with Gasteiger partial charge in [0, 0.05) is 31.3 Å². The van der Waals surface area contributed by atoms with Crippen LogP contribution in [0, 0.1) is 11.6 Å². The molecule has 0 aromatic heterocycles. The van der Waals surface area contributed by atoms with Crippen molar-refractivity contribution in [2.45, 2.75) is 12.0 Å². The highest BCUT2D eigenvalue weighted by Gasteiger charge is 2.39. The zero-order valence-corrected chi connectivity index (χ0v) is 9.50. The number of rotatable bonds is 3. The van der Waals surface area contributed by atoms with Crippen LogP contribution in [0.4, 0.5) is 8.78 Å². The molecular formula is C13H15F2NO. The zero-order chi connectivity index (χ0) is 12.5. The first-order valence-corrected chi connectivity index (χ1v) is 5.56. The zero-order valence-electron chi connectivity index (χ0n) is 9.50. The Balaban J connectivity index is 2.24. The fraction of sp³-hybridized carbons (Fsp3) is 0.385. The summed E-state index contributed by atoms with van der Waals surface area (Å²) in [4.78, 5) is 1.98. The molecule has 0 spiro atoms. The lowest BCUT2D eigenvalue weighted by Crippen LogP contribution is -2.31. The number of benzene rings is 1. The number of hydrogen-bond donors (Lipinski definition) is 1. The van der Waals surface area contributed by atoms with Gasteiger partial charge in [-0.05, 0) is 12.5 Å². The van der Waals surface area contributed by atoms with Gasteiger partial charge < -0.3 is 5.11 Å². The second-order valence-corrected chi connectivity index (χ2v) is 4.43. The Morgan fingerprint density at radius 1 is 1.47 bits per heavy atom. The third kappa shape index (κ3) is 2.37. The maximum absolute atomic E-state index is 13.6. The summed E-state index contributed by atoms with van der Waals surface area (Å²) in [5.74, 6) is -1.32. The average Bonchev–Trinajstić information content (AvgIpc) is 2.61. The van der Waals surface area contributed by atoms with Gasteiger partial charge in [-0.3, -0.25) is 4.90 Å². The number of nitrogens with zero attached hydrogens (tertiary/aromatic N) is 1. The van der Waals surface area contributed by atoms with Crippen molar-refractivity contribution in [3.8, 4) is 0 Å². The molecule has 0 bridgehead atoms. The summed E-state index contributed by atoms with van der Waals surface area (Å²) in [6.45, 7) is 5.31. The van der Waals surface area contributed by atoms with E-state index in [1.807, 2.05) is 4.90 Å². The van der Waals surface area contributed by atoms with Crippen molar-refractivity contribution in [2.75, 3.05) is 19.6 Å². The van der Waals surface area contributed by atoms with Crippen LogP contribution in [0.15, 0.2) is 30.9 Å². The molecule has 1 N–H and O–H groups in total. The summed E-state index contributed by atoms with van der Waals surface area (Å²) in [5, 5.41) is 10.4. The minimum Gasteiger partial charge on any atom is -0.384 e. The van der Waals surface area contributed by atoms with Gasteiger partial charge in [0.1, 0.15) is 17.2 Å². The molecule has 1 atom stereocenters. The first-order valence-electron chi connectivity index (χ1n) is 5.56. The molecule has 1 heterocycles. The normalized spacial score (nSPS) is 25.1. The standard InChI is InChI=1S/C13H15F2NO/c1-2-6-16-7-5-13(17,9-16)11-4-3-10(14)8-12(11)15/h2-4,8,17H,1,5-7,9H2. The summed E-state index contributed by atoms with van der Waals surface area (Å²) in [6, 6.07) is 3.30. The first kappa shape index (κ1) is 12.2. The van der Waals surface area contributed by atoms with Crippen molar-refractivity contribution in [3.63, 3.8) is 0 Å². The van der Waals surface area contributed by atoms with Crippen molar-refractivity contribution in [1.82, 2.24) is 4.90 Å². The van der Waals surface area contributed by atoms with Crippen molar-refractivity contribution in [3.05, 3.63) is 48.1 Å². The number of β-amino-alcohol motifs (C(OH)–C–C–N with tert-alkyl or cyclic N) is 1. The van der Waals surface area contributed by atoms with Gasteiger partial charge in [-0.2, -0.15) is 0 Å². The molecule has 0 aliphatic carbocycles. The quantitative estimate of drug-likeness (QED) is 0.816. The Labute approximate surface area is 99.2 Å². The van der Waals surface area contributed by atoms with E-state index in [4.69, 9.17) is 0 Å². The van der Waals surface area contributed by atoms with Crippen molar-refractivity contribution in [2.24, 2.45) is 0 Å². The maximum atomic E-state index is 13.6. The number of aliphatic hydroxyl groups is 1. The van der Waals surface area contributed by atoms with E-state index in [0.29, 0.717) is 26.1 Å². The molecule has 0 radical (unpaired) electrons. The Morgan fingerprint density at radius 3 is 2.88 bits per heavy atom. The second kappa shape index (κ2) is 4.55. The number of hydrogen-bond acceptors (Lipinski definition) is 2. The first-order chi connectivity index (χ1) is 8.05. The predicted octanol–water partition coefficient (Wildman–Crippen LogP) is 2.04. The smallest absolute Gasteiger partial charge is 0.132 e. The monoisotopic (exact) mass is 239 g/mol. The third-order valence-corrected chi connectivity index (χ3v) is 3.15. The number of halogens is 2. The summed E-state index contributed by atoms with van der Waals surface area (Å²) in [5.41, 5.74) is -1.05. The molecular weight excluding hydrogens is 224 g/mol. The highest BCUT2D eigenvalue weighted by Crippen LogP contribution is 2.33. The molecule has 1 saturated heterocycles. The van der Waals surface area contributed by atoms with E-state index >= 15 is 0 Å². The minimum absolute atomic E-state index is 0.172. The third-order valence-electron chi connectivity index (χ3n) is 3.15. The van der Waals surface area contributed by atoms with Crippen LogP contribution in [0.3, 0.4) is 0 Å². The summed E-state index contributed by atoms with van der Waals surface area (Å²) < 4.78 is 26.4. The van der Waals surface area contributed by atoms with Crippen LogP contribution >= 0.6 is 0 Å². The van der Waals surface area contributed by atoms with E-state index in [9.17, 15) is 13.9 Å². The lowest BCUT2D eigenvalue weighted by Gasteiger charge is -2.24. The highest BCUT2D eigenvalue weighted by atomic mass is 19.1. The summed E-state index contributed by atoms with van der Waals surface area (Å²) >= 11 is 0. The Kier molecular flexibility index (Phi) is 3.26. The Hall–Kier alpha value is -1.26. The molecule has 1 fully saturated rings. The molecule has 1 aliphatic rings. The van der Waals surface area contributed by atoms with Crippen molar-refractivity contribution in [1.29, 1.82) is 0 Å². The van der Waals surface area contributed by atoms with Crippen LogP contribution in [0.2, 0.25) is 0 Å². The van der Waals surface area contributed by atoms with Crippen LogP contribution in [-0.4, -0.2) is 29.6 Å². The molecule has 0 amide bonds. The summed E-state index contributed by atoms with van der Waals surface area (Å²) in [7, 11) is 0. The second-order valence-electron chi connectivity index (χ2n) is 4.43. The fourth-order valence-electron chi connectivity index (χ4n) is 2.30. The van der Waals surface area contributed by atoms with Gasteiger partial charge in [-0.15, -0.1) is 6.58 Å². The van der Waals surface area contributed by atoms with Crippen molar-refractivity contribution >= 4 is 0 Å². The van der Waals surface area contributed by atoms with Crippen LogP contribution in [0.5, 0.6) is 0 Å². The van der Waals surface area contributed by atoms with Crippen LogP contribution in [0.25, 0.3) is 0 Å². The van der Waals surface area contributed by atoms with Gasteiger partial charge in [0.15, 0.2) is 0 Å². The molecule has 1 aliphatic heterocycles. The van der Waals surface area contributed by atoms with Gasteiger partial charge in [0.25, 0.3) is 0 Å². The predicted molar refractivity (Wildman–Crippen MR) is 61.5 cm³/mol. The van der Waals surface area contributed by atoms with E-state index in [2.05, 4.69) is 6.58 Å². The van der Waals surface area contributed by atoms with Crippen molar-refractivity contribution < 1.29 is 13.9 Å². The molecule has 1 aromatic carbocycles. The van der Waals surface area contributed by atoms with E-state index in [-0.39, 0.29) is 5.56 Å². The largest absolute Gasteiger partial charge is 0.384 e. The Morgan fingerprint density at radius 2 is 2.24 bits per heavy atom. The van der Waals surface area contributed by atoms with Gasteiger partial charge >= 0.3 is 0 Å². The van der Waals surface area contributed by atoms with Gasteiger partial charge in [-0.25, -0.2) is 8.78 Å². The van der Waals surface area contributed by atoms with Gasteiger partial charge in [-0.1, -0.05) is 12.1 Å². The summed E-state index contributed by atoms with van der Waals surface area (Å²) in [6.07, 6.45) is 2.19. The van der Waals surface area contributed by atoms with E-state index in [0.717, 1.165) is 6.07 Å². The molecule has 17 heavy (non-hydrogen) atoms. The minimum atomic E-state index is -1.22. The molecule has 2 nitrogen and oxygen atoms in total. The number of likely N-dealkylation sites (tertiary alicyclic amines) is 1. The van der Waals surface area contributed by atoms with Crippen LogP contribution in [0.1, 0.15) is 12.0 Å². The van der Waals surface area contributed by atoms with Gasteiger partial charge in [0.2, 0.25) is 0 Å². The van der Waals surface area contributed by atoms with E-state index < -0.39 is 17.2 Å². The average molecular weight is 239 g/mol. The SMILES string of the molecule is C=CCN1CCC(O)(c2ccc(F)cc2F)C1. The van der Waals surface area contributed by atoms with E-state index in [1.165, 1.54) is 12.1 Å². The van der Waals surface area contributed by atoms with Gasteiger partial charge in [0.05, 0.1) is 0 Å². The lowest BCUT2D eigenvalue weighted by atomic mass is 9.92. The van der Waals surface area contributed by atoms with Crippen LogP contribution in [-0.2, 0) is 5.60 Å². The molecule has 0 saturated carbocycles. The molecule has 2 rings (SSSR count). The molecule has 1 unspecified atom stereocenters. The molecule has 92 valence electrons. The van der Waals surface area contributed by atoms with E-state index in [1.54, 1.807) is 6.08 Å². The fourth-order valence-corrected chi connectivity index (χ4v) is 2.30. The highest BCUT2D eigenvalue weighted by molar-refractivity contribution is 5.26. The molecule has 4 heteroatoms. The Bertz CT molecular complexity index is 435. The lowest BCUT2D eigenvalue weighted by molar-refractivity contribution is 0.0437. The molecule has 1 aromatic rings. The maximum Gasteiger partial charge on any atom is 0.132 e. The topological polar surface area (TPSA) is 23.5 Å². The van der Waals surface area contributed by atoms with Crippen LogP contribution < -0.4 is 0 Å².